The average Bonchev–Trinajstić information content (AvgIpc) is 3.21. The summed E-state index contributed by atoms with van der Waals surface area (Å²) in [5, 5.41) is 3.17. The van der Waals surface area contributed by atoms with E-state index in [0.29, 0.717) is 29.2 Å². The zero-order valence-electron chi connectivity index (χ0n) is 17.8. The molecule has 2 N–H and O–H groups in total. The maximum absolute atomic E-state index is 12.9. The third-order valence-corrected chi connectivity index (χ3v) is 7.00. The first-order chi connectivity index (χ1) is 15.7. The summed E-state index contributed by atoms with van der Waals surface area (Å²) in [5.41, 5.74) is 3.71. The highest BCUT2D eigenvalue weighted by molar-refractivity contribution is 7.89. The van der Waals surface area contributed by atoms with E-state index < -0.39 is 10.0 Å². The smallest absolute Gasteiger partial charge is 0.258 e. The first-order valence-electron chi connectivity index (χ1n) is 10.3. The predicted molar refractivity (Wildman–Crippen MR) is 128 cm³/mol. The van der Waals surface area contributed by atoms with Gasteiger partial charge in [0.15, 0.2) is 0 Å². The molecule has 170 valence electrons. The molecule has 0 saturated carbocycles. The van der Waals surface area contributed by atoms with Crippen molar-refractivity contribution in [1.82, 2.24) is 4.72 Å². The number of halogens is 1. The van der Waals surface area contributed by atoms with Gasteiger partial charge in [0.05, 0.1) is 4.90 Å². The van der Waals surface area contributed by atoms with Crippen LogP contribution >= 0.6 is 11.6 Å². The van der Waals surface area contributed by atoms with Crippen molar-refractivity contribution in [2.45, 2.75) is 24.8 Å². The maximum atomic E-state index is 12.9. The standard InChI is InChI=1S/C24H22ClN3O4S/c1-16(29)27-21-7-9-22(10-8-21)33(31,32)26-15-17-2-11-23-19(14-17)12-13-28(23)24(30)18-3-5-20(25)6-4-18/h2-11,14,26H,12-13,15H2,1H3,(H,27,29). The van der Waals surface area contributed by atoms with Crippen molar-refractivity contribution >= 4 is 44.8 Å². The average molecular weight is 484 g/mol. The van der Waals surface area contributed by atoms with Crippen LogP contribution in [0.5, 0.6) is 0 Å². The highest BCUT2D eigenvalue weighted by Gasteiger charge is 2.26. The van der Waals surface area contributed by atoms with Crippen molar-refractivity contribution in [2.75, 3.05) is 16.8 Å². The minimum Gasteiger partial charge on any atom is -0.326 e. The summed E-state index contributed by atoms with van der Waals surface area (Å²) in [5.74, 6) is -0.324. The lowest BCUT2D eigenvalue weighted by molar-refractivity contribution is -0.114. The molecule has 0 saturated heterocycles. The summed E-state index contributed by atoms with van der Waals surface area (Å²) in [6.07, 6.45) is 0.694. The molecule has 0 bridgehead atoms. The molecule has 0 unspecified atom stereocenters. The number of amides is 2. The van der Waals surface area contributed by atoms with Crippen LogP contribution in [0.1, 0.15) is 28.4 Å². The zero-order chi connectivity index (χ0) is 23.6. The third kappa shape index (κ3) is 5.24. The fraction of sp³-hybridized carbons (Fsp3) is 0.167. The molecule has 3 aromatic carbocycles. The van der Waals surface area contributed by atoms with Gasteiger partial charge in [0.25, 0.3) is 5.91 Å². The van der Waals surface area contributed by atoms with E-state index in [2.05, 4.69) is 10.0 Å². The van der Waals surface area contributed by atoms with Gasteiger partial charge in [-0.25, -0.2) is 13.1 Å². The molecule has 0 aromatic heterocycles. The van der Waals surface area contributed by atoms with Crippen LogP contribution in [0.3, 0.4) is 0 Å². The summed E-state index contributed by atoms with van der Waals surface area (Å²) in [7, 11) is -3.72. The topological polar surface area (TPSA) is 95.6 Å². The van der Waals surface area contributed by atoms with Crippen molar-refractivity contribution < 1.29 is 18.0 Å². The second-order valence-corrected chi connectivity index (χ2v) is 9.91. The number of nitrogens with zero attached hydrogens (tertiary/aromatic N) is 1. The molecule has 0 aliphatic carbocycles. The first kappa shape index (κ1) is 23.0. The van der Waals surface area contributed by atoms with Gasteiger partial charge in [-0.2, -0.15) is 0 Å². The highest BCUT2D eigenvalue weighted by Crippen LogP contribution is 2.30. The van der Waals surface area contributed by atoms with Crippen molar-refractivity contribution in [2.24, 2.45) is 0 Å². The van der Waals surface area contributed by atoms with Gasteiger partial charge < -0.3 is 10.2 Å². The van der Waals surface area contributed by atoms with E-state index in [9.17, 15) is 18.0 Å². The molecule has 1 heterocycles. The zero-order valence-corrected chi connectivity index (χ0v) is 19.4. The largest absolute Gasteiger partial charge is 0.326 e. The number of anilines is 2. The van der Waals surface area contributed by atoms with E-state index in [1.54, 1.807) is 29.2 Å². The normalized spacial score (nSPS) is 13.0. The lowest BCUT2D eigenvalue weighted by Crippen LogP contribution is -2.28. The number of fused-ring (bicyclic) bond motifs is 1. The van der Waals surface area contributed by atoms with E-state index in [-0.39, 0.29) is 23.3 Å². The highest BCUT2D eigenvalue weighted by atomic mass is 35.5. The van der Waals surface area contributed by atoms with E-state index in [4.69, 9.17) is 11.6 Å². The Morgan fingerprint density at radius 2 is 1.70 bits per heavy atom. The number of carbonyl (C=O) groups excluding carboxylic acids is 2. The summed E-state index contributed by atoms with van der Waals surface area (Å²) in [6.45, 7) is 2.07. The predicted octanol–water partition coefficient (Wildman–Crippen LogP) is 3.98. The second kappa shape index (κ2) is 9.35. The van der Waals surface area contributed by atoms with Gasteiger partial charge in [0.1, 0.15) is 0 Å². The molecule has 2 amide bonds. The lowest BCUT2D eigenvalue weighted by Gasteiger charge is -2.18. The van der Waals surface area contributed by atoms with Crippen molar-refractivity contribution in [3.63, 3.8) is 0 Å². The molecule has 0 spiro atoms. The molecule has 4 rings (SSSR count). The molecule has 1 aliphatic rings. The fourth-order valence-corrected chi connectivity index (χ4v) is 4.85. The molecule has 9 heteroatoms. The minimum absolute atomic E-state index is 0.0958. The minimum atomic E-state index is -3.72. The third-order valence-electron chi connectivity index (χ3n) is 5.33. The Labute approximate surface area is 197 Å². The molecule has 7 nitrogen and oxygen atoms in total. The van der Waals surface area contributed by atoms with Gasteiger partial charge >= 0.3 is 0 Å². The summed E-state index contributed by atoms with van der Waals surface area (Å²) in [6, 6.07) is 18.3. The van der Waals surface area contributed by atoms with Gasteiger partial charge in [-0.15, -0.1) is 0 Å². The summed E-state index contributed by atoms with van der Waals surface area (Å²) in [4.78, 5) is 25.8. The Morgan fingerprint density at radius 3 is 2.36 bits per heavy atom. The lowest BCUT2D eigenvalue weighted by atomic mass is 10.1. The van der Waals surface area contributed by atoms with E-state index >= 15 is 0 Å². The summed E-state index contributed by atoms with van der Waals surface area (Å²) < 4.78 is 27.9. The second-order valence-electron chi connectivity index (χ2n) is 7.71. The van der Waals surface area contributed by atoms with Crippen LogP contribution in [-0.2, 0) is 27.8 Å². The monoisotopic (exact) mass is 483 g/mol. The van der Waals surface area contributed by atoms with Crippen molar-refractivity contribution in [3.05, 3.63) is 88.4 Å². The molecule has 0 atom stereocenters. The van der Waals surface area contributed by atoms with E-state index in [0.717, 1.165) is 16.8 Å². The maximum Gasteiger partial charge on any atom is 0.258 e. The van der Waals surface area contributed by atoms with Crippen LogP contribution in [0.2, 0.25) is 5.02 Å². The van der Waals surface area contributed by atoms with Crippen LogP contribution in [0.4, 0.5) is 11.4 Å². The SMILES string of the molecule is CC(=O)Nc1ccc(S(=O)(=O)NCc2ccc3c(c2)CCN3C(=O)c2ccc(Cl)cc2)cc1. The van der Waals surface area contributed by atoms with Gasteiger partial charge in [-0.1, -0.05) is 23.7 Å². The van der Waals surface area contributed by atoms with Crippen LogP contribution in [-0.4, -0.2) is 26.8 Å². The van der Waals surface area contributed by atoms with Gasteiger partial charge in [0, 0.05) is 42.0 Å². The number of rotatable bonds is 6. The number of benzene rings is 3. The van der Waals surface area contributed by atoms with Gasteiger partial charge in [0.2, 0.25) is 15.9 Å². The first-order valence-corrected chi connectivity index (χ1v) is 12.2. The molecule has 3 aromatic rings. The Balaban J connectivity index is 1.44. The van der Waals surface area contributed by atoms with Crippen LogP contribution in [0.15, 0.2) is 71.6 Å². The van der Waals surface area contributed by atoms with Gasteiger partial charge in [-0.05, 0) is 72.1 Å². The fourth-order valence-electron chi connectivity index (χ4n) is 3.71. The Morgan fingerprint density at radius 1 is 1.00 bits per heavy atom. The number of sulfonamides is 1. The molecule has 33 heavy (non-hydrogen) atoms. The number of carbonyl (C=O) groups is 2. The Hall–Kier alpha value is -3.20. The van der Waals surface area contributed by atoms with E-state index in [1.165, 1.54) is 31.2 Å². The molecular weight excluding hydrogens is 462 g/mol. The Bertz CT molecular complexity index is 1310. The van der Waals surface area contributed by atoms with Gasteiger partial charge in [-0.3, -0.25) is 9.59 Å². The number of hydrogen-bond acceptors (Lipinski definition) is 4. The molecule has 0 fully saturated rings. The van der Waals surface area contributed by atoms with Crippen LogP contribution in [0.25, 0.3) is 0 Å². The van der Waals surface area contributed by atoms with Crippen molar-refractivity contribution in [1.29, 1.82) is 0 Å². The number of nitrogens with one attached hydrogen (secondary N) is 2. The van der Waals surface area contributed by atoms with Crippen LogP contribution in [0, 0.1) is 0 Å². The quantitative estimate of drug-likeness (QED) is 0.554. The molecular formula is C24H22ClN3O4S. The van der Waals surface area contributed by atoms with Crippen molar-refractivity contribution in [3.8, 4) is 0 Å². The Kier molecular flexibility index (Phi) is 6.51. The molecule has 1 aliphatic heterocycles. The van der Waals surface area contributed by atoms with Crippen LogP contribution < -0.4 is 14.9 Å². The number of hydrogen-bond donors (Lipinski definition) is 2. The summed E-state index contributed by atoms with van der Waals surface area (Å²) >= 11 is 5.91. The molecule has 0 radical (unpaired) electrons. The van der Waals surface area contributed by atoms with E-state index in [1.807, 2.05) is 18.2 Å².